The zero-order valence-corrected chi connectivity index (χ0v) is 8.64. The lowest BCUT2D eigenvalue weighted by atomic mass is 9.74. The van der Waals surface area contributed by atoms with Gasteiger partial charge >= 0.3 is 0 Å². The SMILES string of the molecule is CCC(CC(C)=O)(C(C)=O)C(C)=O. The van der Waals surface area contributed by atoms with Crippen molar-refractivity contribution >= 4 is 17.3 Å². The number of carbonyl (C=O) groups is 3. The summed E-state index contributed by atoms with van der Waals surface area (Å²) in [4.78, 5) is 33.5. The van der Waals surface area contributed by atoms with Crippen LogP contribution in [-0.2, 0) is 14.4 Å². The molecule has 74 valence electrons. The number of Topliss-reactive ketones (excluding diaryl/α,β-unsaturated/α-hetero) is 3. The quantitative estimate of drug-likeness (QED) is 0.609. The van der Waals surface area contributed by atoms with Crippen LogP contribution in [0.3, 0.4) is 0 Å². The van der Waals surface area contributed by atoms with Crippen LogP contribution in [0, 0.1) is 5.41 Å². The van der Waals surface area contributed by atoms with E-state index in [0.717, 1.165) is 0 Å². The topological polar surface area (TPSA) is 51.2 Å². The van der Waals surface area contributed by atoms with Gasteiger partial charge in [-0.25, -0.2) is 0 Å². The first-order valence-electron chi connectivity index (χ1n) is 4.38. The Morgan fingerprint density at radius 1 is 1.00 bits per heavy atom. The van der Waals surface area contributed by atoms with Crippen molar-refractivity contribution in [2.24, 2.45) is 5.41 Å². The standard InChI is InChI=1S/C10H16O3/c1-5-10(8(3)12,9(4)13)6-7(2)11/h5-6H2,1-4H3. The van der Waals surface area contributed by atoms with Crippen LogP contribution < -0.4 is 0 Å². The van der Waals surface area contributed by atoms with Crippen molar-refractivity contribution in [1.82, 2.24) is 0 Å². The van der Waals surface area contributed by atoms with Gasteiger partial charge in [0.2, 0.25) is 0 Å². The summed E-state index contributed by atoms with van der Waals surface area (Å²) in [7, 11) is 0. The first kappa shape index (κ1) is 12.0. The van der Waals surface area contributed by atoms with E-state index in [1.54, 1.807) is 6.92 Å². The molecule has 0 aromatic rings. The third-order valence-electron chi connectivity index (χ3n) is 2.50. The van der Waals surface area contributed by atoms with Gasteiger partial charge in [-0.05, 0) is 27.2 Å². The minimum atomic E-state index is -1.06. The highest BCUT2D eigenvalue weighted by atomic mass is 16.2. The van der Waals surface area contributed by atoms with Crippen LogP contribution in [0.4, 0.5) is 0 Å². The van der Waals surface area contributed by atoms with Crippen molar-refractivity contribution in [2.75, 3.05) is 0 Å². The molecule has 0 bridgehead atoms. The zero-order valence-electron chi connectivity index (χ0n) is 8.64. The fraction of sp³-hybridized carbons (Fsp3) is 0.700. The van der Waals surface area contributed by atoms with Crippen LogP contribution in [0.25, 0.3) is 0 Å². The van der Waals surface area contributed by atoms with Gasteiger partial charge in [-0.15, -0.1) is 0 Å². The summed E-state index contributed by atoms with van der Waals surface area (Å²) in [6.07, 6.45) is 0.436. The molecule has 0 saturated carbocycles. The maximum Gasteiger partial charge on any atom is 0.143 e. The number of ketones is 3. The van der Waals surface area contributed by atoms with Crippen molar-refractivity contribution in [3.63, 3.8) is 0 Å². The van der Waals surface area contributed by atoms with E-state index in [1.807, 2.05) is 0 Å². The molecule has 0 aliphatic heterocycles. The van der Waals surface area contributed by atoms with E-state index in [0.29, 0.717) is 6.42 Å². The minimum absolute atomic E-state index is 0.0359. The number of rotatable bonds is 5. The van der Waals surface area contributed by atoms with Crippen LogP contribution in [0.15, 0.2) is 0 Å². The van der Waals surface area contributed by atoms with Gasteiger partial charge in [-0.2, -0.15) is 0 Å². The van der Waals surface area contributed by atoms with Crippen LogP contribution in [-0.4, -0.2) is 17.3 Å². The number of hydrogen-bond acceptors (Lipinski definition) is 3. The highest BCUT2D eigenvalue weighted by molar-refractivity contribution is 6.07. The zero-order chi connectivity index (χ0) is 10.6. The Morgan fingerprint density at radius 2 is 1.38 bits per heavy atom. The molecule has 0 N–H and O–H groups in total. The van der Waals surface area contributed by atoms with Crippen LogP contribution >= 0.6 is 0 Å². The van der Waals surface area contributed by atoms with E-state index < -0.39 is 5.41 Å². The fourth-order valence-corrected chi connectivity index (χ4v) is 1.54. The molecule has 0 rings (SSSR count). The predicted molar refractivity (Wildman–Crippen MR) is 49.4 cm³/mol. The Balaban J connectivity index is 4.98. The van der Waals surface area contributed by atoms with Crippen LogP contribution in [0.5, 0.6) is 0 Å². The van der Waals surface area contributed by atoms with Gasteiger partial charge in [0, 0.05) is 6.42 Å². The maximum absolute atomic E-state index is 11.3. The van der Waals surface area contributed by atoms with E-state index in [2.05, 4.69) is 0 Å². The van der Waals surface area contributed by atoms with Crippen molar-refractivity contribution in [1.29, 1.82) is 0 Å². The summed E-state index contributed by atoms with van der Waals surface area (Å²) in [5, 5.41) is 0. The molecule has 13 heavy (non-hydrogen) atoms. The van der Waals surface area contributed by atoms with Crippen LogP contribution in [0.2, 0.25) is 0 Å². The van der Waals surface area contributed by atoms with Gasteiger partial charge in [0.05, 0.1) is 5.41 Å². The molecule has 0 aliphatic carbocycles. The van der Waals surface area contributed by atoms with Crippen LogP contribution in [0.1, 0.15) is 40.5 Å². The van der Waals surface area contributed by atoms with Crippen molar-refractivity contribution < 1.29 is 14.4 Å². The summed E-state index contributed by atoms with van der Waals surface area (Å²) < 4.78 is 0. The second-order valence-electron chi connectivity index (χ2n) is 3.43. The smallest absolute Gasteiger partial charge is 0.143 e. The monoisotopic (exact) mass is 184 g/mol. The Morgan fingerprint density at radius 3 is 1.46 bits per heavy atom. The Labute approximate surface area is 78.5 Å². The summed E-state index contributed by atoms with van der Waals surface area (Å²) in [6.45, 7) is 5.89. The van der Waals surface area contributed by atoms with E-state index in [9.17, 15) is 14.4 Å². The van der Waals surface area contributed by atoms with E-state index in [4.69, 9.17) is 0 Å². The average molecular weight is 184 g/mol. The molecular weight excluding hydrogens is 168 g/mol. The van der Waals surface area contributed by atoms with E-state index in [1.165, 1.54) is 20.8 Å². The number of hydrogen-bond donors (Lipinski definition) is 0. The third-order valence-corrected chi connectivity index (χ3v) is 2.50. The largest absolute Gasteiger partial charge is 0.300 e. The Hall–Kier alpha value is -0.990. The highest BCUT2D eigenvalue weighted by Crippen LogP contribution is 2.29. The van der Waals surface area contributed by atoms with E-state index in [-0.39, 0.29) is 23.8 Å². The molecule has 0 spiro atoms. The predicted octanol–water partition coefficient (Wildman–Crippen LogP) is 1.54. The summed E-state index contributed by atoms with van der Waals surface area (Å²) in [6, 6.07) is 0. The molecule has 0 radical (unpaired) electrons. The molecular formula is C10H16O3. The first-order valence-corrected chi connectivity index (χ1v) is 4.38. The second kappa shape index (κ2) is 4.30. The second-order valence-corrected chi connectivity index (χ2v) is 3.43. The lowest BCUT2D eigenvalue weighted by Gasteiger charge is -2.25. The molecule has 0 saturated heterocycles. The maximum atomic E-state index is 11.3. The minimum Gasteiger partial charge on any atom is -0.300 e. The van der Waals surface area contributed by atoms with Crippen molar-refractivity contribution in [3.05, 3.63) is 0 Å². The molecule has 0 atom stereocenters. The molecule has 0 aliphatic rings. The van der Waals surface area contributed by atoms with Crippen molar-refractivity contribution in [3.8, 4) is 0 Å². The molecule has 0 amide bonds. The Kier molecular flexibility index (Phi) is 3.98. The Bertz CT molecular complexity index is 227. The lowest BCUT2D eigenvalue weighted by Crippen LogP contribution is -2.37. The van der Waals surface area contributed by atoms with Gasteiger partial charge in [0.25, 0.3) is 0 Å². The van der Waals surface area contributed by atoms with Gasteiger partial charge in [-0.1, -0.05) is 6.92 Å². The molecule has 3 nitrogen and oxygen atoms in total. The normalized spacial score (nSPS) is 11.1. The van der Waals surface area contributed by atoms with Gasteiger partial charge in [0.1, 0.15) is 17.3 Å². The molecule has 0 aromatic heterocycles. The highest BCUT2D eigenvalue weighted by Gasteiger charge is 2.39. The molecule has 0 fully saturated rings. The molecule has 0 aromatic carbocycles. The van der Waals surface area contributed by atoms with Gasteiger partial charge < -0.3 is 0 Å². The first-order chi connectivity index (χ1) is 5.86. The summed E-state index contributed by atoms with van der Waals surface area (Å²) in [5.41, 5.74) is -1.06. The van der Waals surface area contributed by atoms with Gasteiger partial charge in [0.15, 0.2) is 0 Å². The molecule has 0 unspecified atom stereocenters. The van der Waals surface area contributed by atoms with Crippen molar-refractivity contribution in [2.45, 2.75) is 40.5 Å². The van der Waals surface area contributed by atoms with Gasteiger partial charge in [-0.3, -0.25) is 14.4 Å². The average Bonchev–Trinajstić information content (AvgIpc) is 1.98. The molecule has 3 heteroatoms. The summed E-state index contributed by atoms with van der Waals surface area (Å²) in [5.74, 6) is -0.539. The fourth-order valence-electron chi connectivity index (χ4n) is 1.54. The lowest BCUT2D eigenvalue weighted by molar-refractivity contribution is -0.142. The summed E-state index contributed by atoms with van der Waals surface area (Å²) >= 11 is 0. The number of carbonyl (C=O) groups excluding carboxylic acids is 3. The molecule has 0 heterocycles. The van der Waals surface area contributed by atoms with E-state index >= 15 is 0 Å². The third kappa shape index (κ3) is 2.47.